The quantitative estimate of drug-likeness (QED) is 0.744. The van der Waals surface area contributed by atoms with E-state index in [0.717, 1.165) is 18.8 Å². The maximum absolute atomic E-state index is 5.86. The molecule has 90 valence electrons. The van der Waals surface area contributed by atoms with Crippen molar-refractivity contribution in [2.45, 2.75) is 27.2 Å². The van der Waals surface area contributed by atoms with E-state index in [4.69, 9.17) is 4.74 Å². The molecule has 2 rings (SSSR count). The van der Waals surface area contributed by atoms with Crippen molar-refractivity contribution in [3.05, 3.63) is 42.0 Å². The molecule has 0 heterocycles. The number of fused-ring (bicyclic) bond motifs is 1. The van der Waals surface area contributed by atoms with Gasteiger partial charge in [-0.1, -0.05) is 44.2 Å². The second kappa shape index (κ2) is 5.22. The Labute approximate surface area is 103 Å². The zero-order valence-electron chi connectivity index (χ0n) is 10.9. The van der Waals surface area contributed by atoms with Gasteiger partial charge < -0.3 is 4.74 Å². The summed E-state index contributed by atoms with van der Waals surface area (Å²) < 4.78 is 5.86. The van der Waals surface area contributed by atoms with Crippen LogP contribution in [0.5, 0.6) is 5.75 Å². The SMILES string of the molecule is Cc1c(OCCC(C)C)ccc2ccccc12. The summed E-state index contributed by atoms with van der Waals surface area (Å²) in [5.41, 5.74) is 1.24. The van der Waals surface area contributed by atoms with Gasteiger partial charge in [0, 0.05) is 0 Å². The van der Waals surface area contributed by atoms with Crippen molar-refractivity contribution in [3.8, 4) is 5.75 Å². The molecule has 0 saturated heterocycles. The highest BCUT2D eigenvalue weighted by atomic mass is 16.5. The molecule has 0 aliphatic carbocycles. The van der Waals surface area contributed by atoms with Crippen LogP contribution in [-0.2, 0) is 0 Å². The van der Waals surface area contributed by atoms with Crippen molar-refractivity contribution in [1.82, 2.24) is 0 Å². The third-order valence-electron chi connectivity index (χ3n) is 3.10. The van der Waals surface area contributed by atoms with E-state index in [1.54, 1.807) is 0 Å². The van der Waals surface area contributed by atoms with E-state index in [1.165, 1.54) is 16.3 Å². The lowest BCUT2D eigenvalue weighted by Gasteiger charge is -2.12. The fourth-order valence-corrected chi connectivity index (χ4v) is 1.97. The van der Waals surface area contributed by atoms with Crippen LogP contribution in [-0.4, -0.2) is 6.61 Å². The van der Waals surface area contributed by atoms with Crippen LogP contribution in [0.15, 0.2) is 36.4 Å². The first-order valence-electron chi connectivity index (χ1n) is 6.29. The highest BCUT2D eigenvalue weighted by Crippen LogP contribution is 2.27. The third kappa shape index (κ3) is 2.79. The number of aryl methyl sites for hydroxylation is 1. The van der Waals surface area contributed by atoms with Crippen LogP contribution < -0.4 is 4.74 Å². The third-order valence-corrected chi connectivity index (χ3v) is 3.10. The normalized spacial score (nSPS) is 11.1. The molecule has 1 nitrogen and oxygen atoms in total. The second-order valence-electron chi connectivity index (χ2n) is 4.94. The van der Waals surface area contributed by atoms with Gasteiger partial charge in [0.15, 0.2) is 0 Å². The Morgan fingerprint density at radius 1 is 1.06 bits per heavy atom. The lowest BCUT2D eigenvalue weighted by atomic mass is 10.0. The molecule has 0 amide bonds. The van der Waals surface area contributed by atoms with Crippen molar-refractivity contribution < 1.29 is 4.74 Å². The van der Waals surface area contributed by atoms with Gasteiger partial charge in [-0.15, -0.1) is 0 Å². The van der Waals surface area contributed by atoms with Crippen molar-refractivity contribution in [3.63, 3.8) is 0 Å². The minimum absolute atomic E-state index is 0.691. The standard InChI is InChI=1S/C16H20O/c1-12(2)10-11-17-16-9-8-14-6-4-5-7-15(14)13(16)3/h4-9,12H,10-11H2,1-3H3. The highest BCUT2D eigenvalue weighted by Gasteiger charge is 2.04. The van der Waals surface area contributed by atoms with Crippen LogP contribution in [0.4, 0.5) is 0 Å². The van der Waals surface area contributed by atoms with Gasteiger partial charge in [-0.05, 0) is 41.7 Å². The largest absolute Gasteiger partial charge is 0.493 e. The summed E-state index contributed by atoms with van der Waals surface area (Å²) in [5, 5.41) is 2.57. The number of hydrogen-bond acceptors (Lipinski definition) is 1. The predicted molar refractivity (Wildman–Crippen MR) is 73.6 cm³/mol. The van der Waals surface area contributed by atoms with Crippen molar-refractivity contribution in [1.29, 1.82) is 0 Å². The fraction of sp³-hybridized carbons (Fsp3) is 0.375. The van der Waals surface area contributed by atoms with Gasteiger partial charge in [0.05, 0.1) is 6.61 Å². The molecule has 0 spiro atoms. The molecule has 17 heavy (non-hydrogen) atoms. The maximum Gasteiger partial charge on any atom is 0.122 e. The molecule has 0 atom stereocenters. The molecule has 1 heteroatoms. The van der Waals surface area contributed by atoms with Gasteiger partial charge in [-0.3, -0.25) is 0 Å². The van der Waals surface area contributed by atoms with E-state index in [1.807, 2.05) is 0 Å². The Bertz CT molecular complexity index is 500. The van der Waals surface area contributed by atoms with Gasteiger partial charge in [0.2, 0.25) is 0 Å². The molecular formula is C16H20O. The predicted octanol–water partition coefficient (Wildman–Crippen LogP) is 4.57. The van der Waals surface area contributed by atoms with Gasteiger partial charge in [0.1, 0.15) is 5.75 Å². The number of hydrogen-bond donors (Lipinski definition) is 0. The second-order valence-corrected chi connectivity index (χ2v) is 4.94. The Hall–Kier alpha value is -1.50. The molecule has 0 unspecified atom stereocenters. The monoisotopic (exact) mass is 228 g/mol. The summed E-state index contributed by atoms with van der Waals surface area (Å²) in [6.45, 7) is 7.37. The summed E-state index contributed by atoms with van der Waals surface area (Å²) in [5.74, 6) is 1.71. The lowest BCUT2D eigenvalue weighted by Crippen LogP contribution is -2.02. The number of rotatable bonds is 4. The average molecular weight is 228 g/mol. The fourth-order valence-electron chi connectivity index (χ4n) is 1.97. The Kier molecular flexibility index (Phi) is 3.68. The Balaban J connectivity index is 2.21. The van der Waals surface area contributed by atoms with Crippen molar-refractivity contribution in [2.24, 2.45) is 5.92 Å². The Morgan fingerprint density at radius 3 is 2.59 bits per heavy atom. The zero-order valence-corrected chi connectivity index (χ0v) is 10.9. The van der Waals surface area contributed by atoms with Crippen molar-refractivity contribution >= 4 is 10.8 Å². The molecule has 0 saturated carbocycles. The smallest absolute Gasteiger partial charge is 0.122 e. The first kappa shape index (κ1) is 12.0. The molecular weight excluding hydrogens is 208 g/mol. The van der Waals surface area contributed by atoms with Crippen LogP contribution in [0, 0.1) is 12.8 Å². The van der Waals surface area contributed by atoms with Gasteiger partial charge >= 0.3 is 0 Å². The first-order valence-corrected chi connectivity index (χ1v) is 6.29. The molecule has 2 aromatic rings. The van der Waals surface area contributed by atoms with E-state index in [9.17, 15) is 0 Å². The van der Waals surface area contributed by atoms with Crippen LogP contribution in [0.3, 0.4) is 0 Å². The molecule has 0 aliphatic heterocycles. The van der Waals surface area contributed by atoms with E-state index in [2.05, 4.69) is 57.2 Å². The Morgan fingerprint density at radius 2 is 1.82 bits per heavy atom. The van der Waals surface area contributed by atoms with Crippen LogP contribution in [0.25, 0.3) is 10.8 Å². The van der Waals surface area contributed by atoms with E-state index in [-0.39, 0.29) is 0 Å². The van der Waals surface area contributed by atoms with Crippen LogP contribution in [0.1, 0.15) is 25.8 Å². The first-order chi connectivity index (χ1) is 8.18. The number of ether oxygens (including phenoxy) is 1. The minimum Gasteiger partial charge on any atom is -0.493 e. The molecule has 0 fully saturated rings. The maximum atomic E-state index is 5.86. The molecule has 0 aliphatic rings. The molecule has 0 radical (unpaired) electrons. The minimum atomic E-state index is 0.691. The zero-order chi connectivity index (χ0) is 12.3. The van der Waals surface area contributed by atoms with Crippen molar-refractivity contribution in [2.75, 3.05) is 6.61 Å². The molecule has 0 N–H and O–H groups in total. The number of benzene rings is 2. The van der Waals surface area contributed by atoms with Crippen LogP contribution in [0.2, 0.25) is 0 Å². The summed E-state index contributed by atoms with van der Waals surface area (Å²) in [6, 6.07) is 12.7. The molecule has 0 aromatic heterocycles. The molecule has 2 aromatic carbocycles. The lowest BCUT2D eigenvalue weighted by molar-refractivity contribution is 0.288. The van der Waals surface area contributed by atoms with E-state index < -0.39 is 0 Å². The van der Waals surface area contributed by atoms with E-state index in [0.29, 0.717) is 5.92 Å². The summed E-state index contributed by atoms with van der Waals surface area (Å²) in [4.78, 5) is 0. The average Bonchev–Trinajstić information content (AvgIpc) is 2.32. The highest BCUT2D eigenvalue weighted by molar-refractivity contribution is 5.87. The topological polar surface area (TPSA) is 9.23 Å². The summed E-state index contributed by atoms with van der Waals surface area (Å²) >= 11 is 0. The van der Waals surface area contributed by atoms with Crippen LogP contribution >= 0.6 is 0 Å². The summed E-state index contributed by atoms with van der Waals surface area (Å²) in [6.07, 6.45) is 1.10. The van der Waals surface area contributed by atoms with Gasteiger partial charge in [-0.2, -0.15) is 0 Å². The molecule has 0 bridgehead atoms. The van der Waals surface area contributed by atoms with Gasteiger partial charge in [-0.25, -0.2) is 0 Å². The van der Waals surface area contributed by atoms with E-state index >= 15 is 0 Å². The van der Waals surface area contributed by atoms with Gasteiger partial charge in [0.25, 0.3) is 0 Å². The summed E-state index contributed by atoms with van der Waals surface area (Å²) in [7, 11) is 0.